The average Bonchev–Trinajstić information content (AvgIpc) is 3.33. The van der Waals surface area contributed by atoms with Crippen molar-refractivity contribution in [1.29, 1.82) is 0 Å². The van der Waals surface area contributed by atoms with Gasteiger partial charge in [-0.05, 0) is 51.0 Å². The molecule has 1 unspecified atom stereocenters. The molecule has 2 heterocycles. The molecule has 0 bridgehead atoms. The molecule has 0 amide bonds. The van der Waals surface area contributed by atoms with Crippen molar-refractivity contribution in [3.8, 4) is 17.0 Å². The van der Waals surface area contributed by atoms with E-state index in [4.69, 9.17) is 15.2 Å². The van der Waals surface area contributed by atoms with Gasteiger partial charge in [0.25, 0.3) is 0 Å². The standard InChI is InChI=1S/C24H29N3O2/c1-15(2)26-17-5-3-16(4-6-17)24-23(25)21-10-9-19(29-20-11-12-28-14-20)13-22(21)27(24)18-7-8-18/h3-6,9-10,13,15,18,20,26H,7-8,11-12,14,25H2,1-2H3. The molecule has 2 aromatic carbocycles. The molecular formula is C24H29N3O2. The van der Waals surface area contributed by atoms with E-state index in [0.29, 0.717) is 18.7 Å². The lowest BCUT2D eigenvalue weighted by atomic mass is 10.1. The lowest BCUT2D eigenvalue weighted by molar-refractivity contribution is 0.141. The first-order valence-electron chi connectivity index (χ1n) is 10.6. The number of hydrogen-bond donors (Lipinski definition) is 2. The predicted molar refractivity (Wildman–Crippen MR) is 119 cm³/mol. The van der Waals surface area contributed by atoms with Gasteiger partial charge in [-0.1, -0.05) is 12.1 Å². The lowest BCUT2D eigenvalue weighted by Gasteiger charge is -2.14. The number of ether oxygens (including phenoxy) is 2. The summed E-state index contributed by atoms with van der Waals surface area (Å²) in [7, 11) is 0. The van der Waals surface area contributed by atoms with Gasteiger partial charge in [0.1, 0.15) is 11.9 Å². The molecule has 0 radical (unpaired) electrons. The largest absolute Gasteiger partial charge is 0.488 e. The van der Waals surface area contributed by atoms with Gasteiger partial charge in [-0.3, -0.25) is 0 Å². The molecule has 29 heavy (non-hydrogen) atoms. The Hall–Kier alpha value is -2.66. The maximum absolute atomic E-state index is 6.67. The topological polar surface area (TPSA) is 61.4 Å². The monoisotopic (exact) mass is 391 g/mol. The Morgan fingerprint density at radius 3 is 2.55 bits per heavy atom. The van der Waals surface area contributed by atoms with E-state index in [0.717, 1.165) is 46.8 Å². The zero-order valence-corrected chi connectivity index (χ0v) is 17.2. The van der Waals surface area contributed by atoms with Crippen LogP contribution in [0.5, 0.6) is 5.75 Å². The highest BCUT2D eigenvalue weighted by molar-refractivity contribution is 6.01. The second kappa shape index (κ2) is 7.30. The predicted octanol–water partition coefficient (Wildman–Crippen LogP) is 5.21. The molecule has 1 aliphatic heterocycles. The average molecular weight is 392 g/mol. The third kappa shape index (κ3) is 3.55. The zero-order chi connectivity index (χ0) is 20.0. The van der Waals surface area contributed by atoms with Gasteiger partial charge in [-0.25, -0.2) is 0 Å². The van der Waals surface area contributed by atoms with Crippen molar-refractivity contribution in [3.05, 3.63) is 42.5 Å². The molecule has 0 spiro atoms. The van der Waals surface area contributed by atoms with Crippen LogP contribution in [-0.4, -0.2) is 29.9 Å². The van der Waals surface area contributed by atoms with Crippen LogP contribution in [0.2, 0.25) is 0 Å². The van der Waals surface area contributed by atoms with Gasteiger partial charge < -0.3 is 25.1 Å². The Labute approximate surface area is 171 Å². The molecule has 1 aromatic heterocycles. The molecule has 5 nitrogen and oxygen atoms in total. The fourth-order valence-electron chi connectivity index (χ4n) is 4.25. The summed E-state index contributed by atoms with van der Waals surface area (Å²) in [6, 6.07) is 15.8. The number of aromatic nitrogens is 1. The number of benzene rings is 2. The van der Waals surface area contributed by atoms with Crippen LogP contribution in [0, 0.1) is 0 Å². The first-order chi connectivity index (χ1) is 14.1. The summed E-state index contributed by atoms with van der Waals surface area (Å²) >= 11 is 0. The quantitative estimate of drug-likeness (QED) is 0.605. The summed E-state index contributed by atoms with van der Waals surface area (Å²) < 4.78 is 14.0. The molecular weight excluding hydrogens is 362 g/mol. The van der Waals surface area contributed by atoms with Crippen molar-refractivity contribution >= 4 is 22.3 Å². The smallest absolute Gasteiger partial charge is 0.124 e. The highest BCUT2D eigenvalue weighted by atomic mass is 16.5. The second-order valence-electron chi connectivity index (χ2n) is 8.52. The molecule has 3 aromatic rings. The first-order valence-corrected chi connectivity index (χ1v) is 10.6. The van der Waals surface area contributed by atoms with Crippen molar-refractivity contribution < 1.29 is 9.47 Å². The Kier molecular flexibility index (Phi) is 4.63. The van der Waals surface area contributed by atoms with Crippen LogP contribution in [-0.2, 0) is 4.74 Å². The molecule has 1 saturated carbocycles. The van der Waals surface area contributed by atoms with Gasteiger partial charge in [0.2, 0.25) is 0 Å². The lowest BCUT2D eigenvalue weighted by Crippen LogP contribution is -2.15. The number of anilines is 2. The van der Waals surface area contributed by atoms with E-state index in [1.54, 1.807) is 0 Å². The van der Waals surface area contributed by atoms with Gasteiger partial charge in [0.05, 0.1) is 30.1 Å². The van der Waals surface area contributed by atoms with E-state index in [9.17, 15) is 0 Å². The van der Waals surface area contributed by atoms with Gasteiger partial charge >= 0.3 is 0 Å². The molecule has 2 aliphatic rings. The van der Waals surface area contributed by atoms with Crippen molar-refractivity contribution in [2.75, 3.05) is 24.3 Å². The van der Waals surface area contributed by atoms with E-state index < -0.39 is 0 Å². The minimum Gasteiger partial charge on any atom is -0.488 e. The Morgan fingerprint density at radius 1 is 1.10 bits per heavy atom. The van der Waals surface area contributed by atoms with Crippen LogP contribution in [0.25, 0.3) is 22.2 Å². The highest BCUT2D eigenvalue weighted by Gasteiger charge is 2.30. The summed E-state index contributed by atoms with van der Waals surface area (Å²) in [6.07, 6.45) is 3.50. The summed E-state index contributed by atoms with van der Waals surface area (Å²) in [6.45, 7) is 5.75. The number of nitrogens with two attached hydrogens (primary N) is 1. The number of nitrogens with zero attached hydrogens (tertiary/aromatic N) is 1. The third-order valence-corrected chi connectivity index (χ3v) is 5.73. The Bertz CT molecular complexity index is 1010. The zero-order valence-electron chi connectivity index (χ0n) is 17.2. The minimum absolute atomic E-state index is 0.148. The van der Waals surface area contributed by atoms with E-state index in [2.05, 4.69) is 60.1 Å². The van der Waals surface area contributed by atoms with Gasteiger partial charge in [0, 0.05) is 41.2 Å². The molecule has 5 rings (SSSR count). The normalized spacial score (nSPS) is 19.2. The van der Waals surface area contributed by atoms with Crippen LogP contribution in [0.15, 0.2) is 42.5 Å². The van der Waals surface area contributed by atoms with Crippen molar-refractivity contribution in [3.63, 3.8) is 0 Å². The van der Waals surface area contributed by atoms with E-state index in [-0.39, 0.29) is 6.10 Å². The molecule has 152 valence electrons. The number of fused-ring (bicyclic) bond motifs is 1. The summed E-state index contributed by atoms with van der Waals surface area (Å²) in [5.74, 6) is 0.899. The highest BCUT2D eigenvalue weighted by Crippen LogP contribution is 2.46. The molecule has 1 saturated heterocycles. The van der Waals surface area contributed by atoms with Crippen molar-refractivity contribution in [1.82, 2.24) is 4.57 Å². The van der Waals surface area contributed by atoms with Crippen LogP contribution in [0.1, 0.15) is 39.2 Å². The van der Waals surface area contributed by atoms with Crippen molar-refractivity contribution in [2.24, 2.45) is 0 Å². The number of nitrogen functional groups attached to an aromatic ring is 1. The Morgan fingerprint density at radius 2 is 1.90 bits per heavy atom. The summed E-state index contributed by atoms with van der Waals surface area (Å²) in [4.78, 5) is 0. The van der Waals surface area contributed by atoms with Crippen LogP contribution < -0.4 is 15.8 Å². The van der Waals surface area contributed by atoms with Crippen LogP contribution >= 0.6 is 0 Å². The molecule has 2 fully saturated rings. The maximum Gasteiger partial charge on any atom is 0.124 e. The van der Waals surface area contributed by atoms with E-state index in [1.165, 1.54) is 18.4 Å². The minimum atomic E-state index is 0.148. The van der Waals surface area contributed by atoms with Crippen LogP contribution in [0.3, 0.4) is 0 Å². The fraction of sp³-hybridized carbons (Fsp3) is 0.417. The molecule has 3 N–H and O–H groups in total. The third-order valence-electron chi connectivity index (χ3n) is 5.73. The SMILES string of the molecule is CC(C)Nc1ccc(-c2c(N)c3ccc(OC4CCOC4)cc3n2C2CC2)cc1. The molecule has 1 aliphatic carbocycles. The van der Waals surface area contributed by atoms with Crippen LogP contribution in [0.4, 0.5) is 11.4 Å². The van der Waals surface area contributed by atoms with Crippen molar-refractivity contribution in [2.45, 2.75) is 51.3 Å². The van der Waals surface area contributed by atoms with Gasteiger partial charge in [-0.15, -0.1) is 0 Å². The number of rotatable bonds is 6. The summed E-state index contributed by atoms with van der Waals surface area (Å²) in [5.41, 5.74) is 12.1. The fourth-order valence-corrected chi connectivity index (χ4v) is 4.25. The number of nitrogens with one attached hydrogen (secondary N) is 1. The molecule has 5 heteroatoms. The maximum atomic E-state index is 6.67. The van der Waals surface area contributed by atoms with Gasteiger partial charge in [-0.2, -0.15) is 0 Å². The summed E-state index contributed by atoms with van der Waals surface area (Å²) in [5, 5.41) is 4.55. The van der Waals surface area contributed by atoms with Gasteiger partial charge in [0.15, 0.2) is 0 Å². The molecule has 1 atom stereocenters. The second-order valence-corrected chi connectivity index (χ2v) is 8.52. The van der Waals surface area contributed by atoms with E-state index >= 15 is 0 Å². The Balaban J connectivity index is 1.56. The number of hydrogen-bond acceptors (Lipinski definition) is 4. The first kappa shape index (κ1) is 18.4. The van der Waals surface area contributed by atoms with E-state index in [1.807, 2.05) is 6.07 Å².